The van der Waals surface area contributed by atoms with Crippen LogP contribution in [0.15, 0.2) is 0 Å². The van der Waals surface area contributed by atoms with Crippen LogP contribution in [0.4, 0.5) is 0 Å². The highest BCUT2D eigenvalue weighted by Gasteiger charge is 2.39. The van der Waals surface area contributed by atoms with Gasteiger partial charge < -0.3 is 5.11 Å². The Morgan fingerprint density at radius 3 is 2.50 bits per heavy atom. The molecule has 0 unspecified atom stereocenters. The normalized spacial score (nSPS) is 18.4. The lowest BCUT2D eigenvalue weighted by Crippen LogP contribution is -2.43. The summed E-state index contributed by atoms with van der Waals surface area (Å²) in [5.41, 5.74) is -0.450. The van der Waals surface area contributed by atoms with Gasteiger partial charge in [0.05, 0.1) is 12.5 Å². The van der Waals surface area contributed by atoms with Gasteiger partial charge in [-0.05, 0) is 18.3 Å². The summed E-state index contributed by atoms with van der Waals surface area (Å²) >= 11 is 0. The number of nitriles is 1. The van der Waals surface area contributed by atoms with Gasteiger partial charge in [-0.25, -0.2) is 13.1 Å². The zero-order chi connectivity index (χ0) is 12.2. The van der Waals surface area contributed by atoms with Crippen LogP contribution in [0.1, 0.15) is 25.7 Å². The summed E-state index contributed by atoms with van der Waals surface area (Å²) in [7, 11) is -3.58. The van der Waals surface area contributed by atoms with E-state index in [1.807, 2.05) is 0 Å². The summed E-state index contributed by atoms with van der Waals surface area (Å²) in [5, 5.41) is 17.0. The summed E-state index contributed by atoms with van der Waals surface area (Å²) in [6, 6.07) is 1.55. The van der Waals surface area contributed by atoms with Crippen molar-refractivity contribution in [3.05, 3.63) is 0 Å². The number of nitrogens with zero attached hydrogens (tertiary/aromatic N) is 1. The van der Waals surface area contributed by atoms with E-state index in [1.165, 1.54) is 0 Å². The first-order valence-corrected chi connectivity index (χ1v) is 6.60. The van der Waals surface area contributed by atoms with Crippen molar-refractivity contribution in [2.75, 3.05) is 12.3 Å². The monoisotopic (exact) mass is 246 g/mol. The molecule has 0 radical (unpaired) electrons. The second-order valence-corrected chi connectivity index (χ2v) is 5.97. The van der Waals surface area contributed by atoms with Gasteiger partial charge in [0.25, 0.3) is 0 Å². The molecule has 90 valence electrons. The van der Waals surface area contributed by atoms with E-state index in [4.69, 9.17) is 10.4 Å². The Hall–Kier alpha value is -1.13. The highest BCUT2D eigenvalue weighted by atomic mass is 32.2. The molecule has 16 heavy (non-hydrogen) atoms. The van der Waals surface area contributed by atoms with Crippen molar-refractivity contribution >= 4 is 16.0 Å². The summed E-state index contributed by atoms with van der Waals surface area (Å²) < 4.78 is 24.7. The van der Waals surface area contributed by atoms with Crippen molar-refractivity contribution in [2.45, 2.75) is 25.7 Å². The third kappa shape index (κ3) is 3.47. The molecule has 0 heterocycles. The Bertz CT molecular complexity index is 406. The highest BCUT2D eigenvalue weighted by molar-refractivity contribution is 7.89. The lowest BCUT2D eigenvalue weighted by atomic mass is 9.67. The van der Waals surface area contributed by atoms with Crippen molar-refractivity contribution < 1.29 is 18.3 Å². The van der Waals surface area contributed by atoms with Crippen LogP contribution >= 0.6 is 0 Å². The molecule has 1 rings (SSSR count). The molecule has 0 aromatic rings. The van der Waals surface area contributed by atoms with Crippen molar-refractivity contribution in [1.82, 2.24) is 4.72 Å². The predicted molar refractivity (Wildman–Crippen MR) is 55.9 cm³/mol. The molecule has 1 aliphatic rings. The largest absolute Gasteiger partial charge is 0.481 e. The Balaban J connectivity index is 2.53. The summed E-state index contributed by atoms with van der Waals surface area (Å²) in [5.74, 6) is -1.50. The zero-order valence-electron chi connectivity index (χ0n) is 8.77. The number of sulfonamides is 1. The van der Waals surface area contributed by atoms with Gasteiger partial charge >= 0.3 is 5.97 Å². The van der Waals surface area contributed by atoms with E-state index in [9.17, 15) is 13.2 Å². The maximum absolute atomic E-state index is 11.2. The van der Waals surface area contributed by atoms with Crippen LogP contribution in [0, 0.1) is 16.7 Å². The number of carboxylic acids is 1. The van der Waals surface area contributed by atoms with Crippen LogP contribution in [0.25, 0.3) is 0 Å². The van der Waals surface area contributed by atoms with E-state index < -0.39 is 27.2 Å². The van der Waals surface area contributed by atoms with Crippen molar-refractivity contribution in [3.8, 4) is 6.07 Å². The van der Waals surface area contributed by atoms with E-state index >= 15 is 0 Å². The number of rotatable bonds is 6. The molecule has 7 heteroatoms. The molecular formula is C9H14N2O4S. The number of carbonyl (C=O) groups is 1. The highest BCUT2D eigenvalue weighted by Crippen LogP contribution is 2.43. The standard InChI is InChI=1S/C9H14N2O4S/c10-4-5-16(14,15)11-7-9(2-1-3-9)6-8(12)13/h11H,1-3,5-7H2,(H,12,13). The SMILES string of the molecule is N#CCS(=O)(=O)NCC1(CC(=O)O)CCC1. The summed E-state index contributed by atoms with van der Waals surface area (Å²) in [4.78, 5) is 10.6. The van der Waals surface area contributed by atoms with Gasteiger partial charge in [0, 0.05) is 6.54 Å². The van der Waals surface area contributed by atoms with Gasteiger partial charge in [-0.15, -0.1) is 0 Å². The molecule has 0 bridgehead atoms. The van der Waals surface area contributed by atoms with Crippen LogP contribution in [-0.2, 0) is 14.8 Å². The molecular weight excluding hydrogens is 232 g/mol. The van der Waals surface area contributed by atoms with Gasteiger partial charge in [0.1, 0.15) is 0 Å². The topological polar surface area (TPSA) is 107 Å². The van der Waals surface area contributed by atoms with Crippen LogP contribution in [0.2, 0.25) is 0 Å². The quantitative estimate of drug-likeness (QED) is 0.689. The minimum Gasteiger partial charge on any atom is -0.481 e. The zero-order valence-corrected chi connectivity index (χ0v) is 9.59. The van der Waals surface area contributed by atoms with Gasteiger partial charge in [-0.1, -0.05) is 6.42 Å². The van der Waals surface area contributed by atoms with Crippen LogP contribution in [-0.4, -0.2) is 31.8 Å². The van der Waals surface area contributed by atoms with Gasteiger partial charge in [-0.2, -0.15) is 5.26 Å². The van der Waals surface area contributed by atoms with Gasteiger partial charge in [-0.3, -0.25) is 4.79 Å². The fourth-order valence-electron chi connectivity index (χ4n) is 1.81. The molecule has 0 aromatic heterocycles. The van der Waals surface area contributed by atoms with Crippen LogP contribution in [0.3, 0.4) is 0 Å². The molecule has 0 spiro atoms. The number of carboxylic acid groups (broad SMARTS) is 1. The first-order chi connectivity index (χ1) is 7.39. The van der Waals surface area contributed by atoms with Crippen LogP contribution < -0.4 is 4.72 Å². The molecule has 0 saturated heterocycles. The Morgan fingerprint density at radius 1 is 1.50 bits per heavy atom. The smallest absolute Gasteiger partial charge is 0.303 e. The maximum Gasteiger partial charge on any atom is 0.303 e. The molecule has 1 fully saturated rings. The lowest BCUT2D eigenvalue weighted by Gasteiger charge is -2.40. The van der Waals surface area contributed by atoms with Crippen LogP contribution in [0.5, 0.6) is 0 Å². The summed E-state index contributed by atoms with van der Waals surface area (Å²) in [6.07, 6.45) is 2.33. The lowest BCUT2D eigenvalue weighted by molar-refractivity contribution is -0.141. The number of hydrogen-bond acceptors (Lipinski definition) is 4. The minimum atomic E-state index is -3.58. The van der Waals surface area contributed by atoms with E-state index in [2.05, 4.69) is 4.72 Å². The number of nitrogens with one attached hydrogen (secondary N) is 1. The Kier molecular flexibility index (Phi) is 3.88. The molecule has 1 saturated carbocycles. The average molecular weight is 246 g/mol. The van der Waals surface area contributed by atoms with Crippen molar-refractivity contribution in [1.29, 1.82) is 5.26 Å². The van der Waals surface area contributed by atoms with Crippen molar-refractivity contribution in [2.24, 2.45) is 5.41 Å². The molecule has 0 aromatic carbocycles. The molecule has 0 aliphatic heterocycles. The second-order valence-electron chi connectivity index (χ2n) is 4.16. The van der Waals surface area contributed by atoms with E-state index in [0.717, 1.165) is 6.42 Å². The third-order valence-electron chi connectivity index (χ3n) is 2.86. The van der Waals surface area contributed by atoms with E-state index in [0.29, 0.717) is 12.8 Å². The minimum absolute atomic E-state index is 0.0257. The number of aliphatic carboxylic acids is 1. The Morgan fingerprint density at radius 2 is 2.12 bits per heavy atom. The van der Waals surface area contributed by atoms with Gasteiger partial charge in [0.2, 0.25) is 10.0 Å². The average Bonchev–Trinajstić information content (AvgIpc) is 2.09. The van der Waals surface area contributed by atoms with Crippen molar-refractivity contribution in [3.63, 3.8) is 0 Å². The maximum atomic E-state index is 11.2. The first kappa shape index (κ1) is 12.9. The first-order valence-electron chi connectivity index (χ1n) is 4.95. The fourth-order valence-corrected chi connectivity index (χ4v) is 2.61. The molecule has 0 amide bonds. The third-order valence-corrected chi connectivity index (χ3v) is 3.96. The van der Waals surface area contributed by atoms with E-state index in [1.54, 1.807) is 6.07 Å². The molecule has 6 nitrogen and oxygen atoms in total. The second kappa shape index (κ2) is 4.80. The Labute approximate surface area is 94.3 Å². The van der Waals surface area contributed by atoms with E-state index in [-0.39, 0.29) is 13.0 Å². The number of hydrogen-bond donors (Lipinski definition) is 2. The molecule has 0 atom stereocenters. The fraction of sp³-hybridized carbons (Fsp3) is 0.778. The molecule has 2 N–H and O–H groups in total. The summed E-state index contributed by atoms with van der Waals surface area (Å²) in [6.45, 7) is 0.114. The van der Waals surface area contributed by atoms with Gasteiger partial charge in [0.15, 0.2) is 5.75 Å². The molecule has 1 aliphatic carbocycles. The predicted octanol–water partition coefficient (Wildman–Crippen LogP) is 0.0744.